The van der Waals surface area contributed by atoms with Crippen LogP contribution in [0.15, 0.2) is 12.2 Å². The van der Waals surface area contributed by atoms with Gasteiger partial charge in [-0.2, -0.15) is 5.26 Å². The number of halogens is 1. The van der Waals surface area contributed by atoms with Gasteiger partial charge in [-0.1, -0.05) is 6.58 Å². The van der Waals surface area contributed by atoms with Gasteiger partial charge in [0.15, 0.2) is 0 Å². The molecule has 0 atom stereocenters. The molecule has 9 heavy (non-hydrogen) atoms. The number of rotatable bonds is 2. The molecule has 4 heteroatoms. The predicted molar refractivity (Wildman–Crippen MR) is 38.5 cm³/mol. The molecule has 0 fully saturated rings. The number of hydrogen-bond donors (Lipinski definition) is 2. The zero-order chi connectivity index (χ0) is 6.57. The van der Waals surface area contributed by atoms with Crippen molar-refractivity contribution in [2.24, 2.45) is 5.73 Å². The second kappa shape index (κ2) is 5.13. The molecule has 0 bridgehead atoms. The van der Waals surface area contributed by atoms with Crippen LogP contribution in [0.25, 0.3) is 0 Å². The first-order valence-corrected chi connectivity index (χ1v) is 2.07. The molecule has 3 N–H and O–H groups in total. The van der Waals surface area contributed by atoms with Gasteiger partial charge in [0.2, 0.25) is 0 Å². The van der Waals surface area contributed by atoms with Gasteiger partial charge < -0.3 is 5.73 Å². The molecule has 0 spiro atoms. The molecule has 0 aliphatic carbocycles. The Balaban J connectivity index is 0. The third-order valence-corrected chi connectivity index (χ3v) is 0.562. The second-order valence-corrected chi connectivity index (χ2v) is 1.42. The Labute approximate surface area is 60.1 Å². The lowest BCUT2D eigenvalue weighted by molar-refractivity contribution is 1.26. The Morgan fingerprint density at radius 2 is 2.22 bits per heavy atom. The maximum atomic E-state index is 8.08. The van der Waals surface area contributed by atoms with Gasteiger partial charge >= 0.3 is 0 Å². The summed E-state index contributed by atoms with van der Waals surface area (Å²) in [5.74, 6) is -0.0171. The van der Waals surface area contributed by atoms with Crippen molar-refractivity contribution in [3.63, 3.8) is 0 Å². The normalized spacial score (nSPS) is 6.56. The molecule has 0 rings (SSSR count). The predicted octanol–water partition coefficient (Wildman–Crippen LogP) is 0.814. The summed E-state index contributed by atoms with van der Waals surface area (Å²) in [6, 6.07) is 1.78. The molecular formula is C5H8ClN3. The summed E-state index contributed by atoms with van der Waals surface area (Å²) >= 11 is 0. The Hall–Kier alpha value is -1.01. The Morgan fingerprint density at radius 1 is 1.78 bits per heavy atom. The van der Waals surface area contributed by atoms with Gasteiger partial charge in [-0.15, -0.1) is 12.4 Å². The van der Waals surface area contributed by atoms with Crippen molar-refractivity contribution in [1.29, 1.82) is 10.7 Å². The average Bonchev–Trinajstić information content (AvgIpc) is 1.65. The van der Waals surface area contributed by atoms with Gasteiger partial charge in [-0.25, -0.2) is 0 Å². The molecule has 0 unspecified atom stereocenters. The SMILES string of the molecule is C=C(C#N)CC(=N)N.Cl. The van der Waals surface area contributed by atoms with Gasteiger partial charge in [0.25, 0.3) is 0 Å². The van der Waals surface area contributed by atoms with Crippen LogP contribution in [0.5, 0.6) is 0 Å². The summed E-state index contributed by atoms with van der Waals surface area (Å²) in [5, 5.41) is 14.8. The fourth-order valence-corrected chi connectivity index (χ4v) is 0.269. The van der Waals surface area contributed by atoms with Gasteiger partial charge in [-0.05, 0) is 0 Å². The third-order valence-electron chi connectivity index (χ3n) is 0.562. The molecule has 0 heterocycles. The Bertz CT molecular complexity index is 156. The molecule has 0 aliphatic rings. The van der Waals surface area contributed by atoms with Crippen LogP contribution >= 0.6 is 12.4 Å². The van der Waals surface area contributed by atoms with E-state index in [1.54, 1.807) is 6.07 Å². The van der Waals surface area contributed by atoms with Crippen LogP contribution in [-0.2, 0) is 0 Å². The summed E-state index contributed by atoms with van der Waals surface area (Å²) in [4.78, 5) is 0. The summed E-state index contributed by atoms with van der Waals surface area (Å²) < 4.78 is 0. The molecule has 0 aromatic rings. The summed E-state index contributed by atoms with van der Waals surface area (Å²) in [5.41, 5.74) is 5.27. The fourth-order valence-electron chi connectivity index (χ4n) is 0.269. The van der Waals surface area contributed by atoms with E-state index in [0.717, 1.165) is 0 Å². The number of nitrogens with one attached hydrogen (secondary N) is 1. The minimum absolute atomic E-state index is 0. The molecule has 3 nitrogen and oxygen atoms in total. The first kappa shape index (κ1) is 10.9. The highest BCUT2D eigenvalue weighted by molar-refractivity contribution is 5.85. The highest BCUT2D eigenvalue weighted by Gasteiger charge is 1.91. The van der Waals surface area contributed by atoms with Gasteiger partial charge in [0.05, 0.1) is 11.9 Å². The van der Waals surface area contributed by atoms with Crippen molar-refractivity contribution in [3.8, 4) is 6.07 Å². The Morgan fingerprint density at radius 3 is 2.33 bits per heavy atom. The van der Waals surface area contributed by atoms with Crippen molar-refractivity contribution in [2.75, 3.05) is 0 Å². The van der Waals surface area contributed by atoms with Crippen LogP contribution in [-0.4, -0.2) is 5.84 Å². The second-order valence-electron chi connectivity index (χ2n) is 1.42. The lowest BCUT2D eigenvalue weighted by atomic mass is 10.2. The highest BCUT2D eigenvalue weighted by atomic mass is 35.5. The van der Waals surface area contributed by atoms with Gasteiger partial charge in [-0.3, -0.25) is 5.41 Å². The van der Waals surface area contributed by atoms with E-state index in [9.17, 15) is 0 Å². The lowest BCUT2D eigenvalue weighted by Gasteiger charge is -1.89. The molecule has 0 radical (unpaired) electrons. The van der Waals surface area contributed by atoms with E-state index in [1.807, 2.05) is 0 Å². The molecule has 0 aromatic carbocycles. The summed E-state index contributed by atoms with van der Waals surface area (Å²) in [6.45, 7) is 3.33. The van der Waals surface area contributed by atoms with Crippen molar-refractivity contribution < 1.29 is 0 Å². The quantitative estimate of drug-likeness (QED) is 0.343. The van der Waals surface area contributed by atoms with Crippen molar-refractivity contribution in [3.05, 3.63) is 12.2 Å². The minimum atomic E-state index is -0.0171. The zero-order valence-electron chi connectivity index (χ0n) is 4.85. The monoisotopic (exact) mass is 145 g/mol. The number of hydrogen-bond acceptors (Lipinski definition) is 2. The van der Waals surface area contributed by atoms with E-state index in [-0.39, 0.29) is 24.7 Å². The van der Waals surface area contributed by atoms with E-state index in [2.05, 4.69) is 6.58 Å². The summed E-state index contributed by atoms with van der Waals surface area (Å²) in [7, 11) is 0. The van der Waals surface area contributed by atoms with E-state index in [0.29, 0.717) is 5.57 Å². The van der Waals surface area contributed by atoms with Crippen molar-refractivity contribution in [1.82, 2.24) is 0 Å². The molecule has 0 saturated heterocycles. The van der Waals surface area contributed by atoms with Crippen LogP contribution in [0, 0.1) is 16.7 Å². The largest absolute Gasteiger partial charge is 0.387 e. The van der Waals surface area contributed by atoms with Crippen LogP contribution in [0.2, 0.25) is 0 Å². The van der Waals surface area contributed by atoms with Crippen LogP contribution in [0.1, 0.15) is 6.42 Å². The number of nitriles is 1. The van der Waals surface area contributed by atoms with E-state index in [1.165, 1.54) is 0 Å². The van der Waals surface area contributed by atoms with Crippen molar-refractivity contribution >= 4 is 18.2 Å². The first-order valence-electron chi connectivity index (χ1n) is 2.07. The van der Waals surface area contributed by atoms with Gasteiger partial charge in [0, 0.05) is 12.0 Å². The Kier molecular flexibility index (Phi) is 6.21. The van der Waals surface area contributed by atoms with Gasteiger partial charge in [0.1, 0.15) is 0 Å². The number of nitrogens with zero attached hydrogens (tertiary/aromatic N) is 1. The standard InChI is InChI=1S/C5H7N3.ClH/c1-4(3-6)2-5(7)8;/h1-2H2,(H3,7,8);1H. The molecule has 0 amide bonds. The molecule has 50 valence electrons. The topological polar surface area (TPSA) is 73.7 Å². The smallest absolute Gasteiger partial charge is 0.0957 e. The van der Waals surface area contributed by atoms with Crippen LogP contribution < -0.4 is 5.73 Å². The molecule has 0 saturated carbocycles. The lowest BCUT2D eigenvalue weighted by Crippen LogP contribution is -2.08. The number of amidine groups is 1. The molecule has 0 aromatic heterocycles. The van der Waals surface area contributed by atoms with E-state index < -0.39 is 0 Å². The summed E-state index contributed by atoms with van der Waals surface area (Å²) in [6.07, 6.45) is 0.191. The number of nitrogens with two attached hydrogens (primary N) is 1. The maximum absolute atomic E-state index is 8.08. The fraction of sp³-hybridized carbons (Fsp3) is 0.200. The maximum Gasteiger partial charge on any atom is 0.0957 e. The minimum Gasteiger partial charge on any atom is -0.387 e. The highest BCUT2D eigenvalue weighted by Crippen LogP contribution is 1.91. The van der Waals surface area contributed by atoms with Crippen LogP contribution in [0.4, 0.5) is 0 Å². The first-order chi connectivity index (χ1) is 3.66. The zero-order valence-corrected chi connectivity index (χ0v) is 5.66. The van der Waals surface area contributed by atoms with Crippen molar-refractivity contribution in [2.45, 2.75) is 6.42 Å². The van der Waals surface area contributed by atoms with E-state index in [4.69, 9.17) is 16.4 Å². The van der Waals surface area contributed by atoms with E-state index >= 15 is 0 Å². The molecule has 0 aliphatic heterocycles. The van der Waals surface area contributed by atoms with Crippen LogP contribution in [0.3, 0.4) is 0 Å². The third kappa shape index (κ3) is 6.99. The average molecular weight is 146 g/mol. The molecular weight excluding hydrogens is 138 g/mol.